The lowest BCUT2D eigenvalue weighted by Gasteiger charge is -2.03. The molecule has 0 spiro atoms. The van der Waals surface area contributed by atoms with Crippen LogP contribution < -0.4 is 10.2 Å². The smallest absolute Gasteiger partial charge is 0.321 e. The Morgan fingerprint density at radius 2 is 1.59 bits per heavy atom. The van der Waals surface area contributed by atoms with Crippen molar-refractivity contribution >= 4 is 11.9 Å². The van der Waals surface area contributed by atoms with Gasteiger partial charge in [0.05, 0.1) is 11.9 Å². The lowest BCUT2D eigenvalue weighted by molar-refractivity contribution is 0.442. The van der Waals surface area contributed by atoms with Crippen molar-refractivity contribution in [1.29, 1.82) is 0 Å². The third kappa shape index (κ3) is 3.89. The summed E-state index contributed by atoms with van der Waals surface area (Å²) in [6.45, 7) is 0. The fourth-order valence-corrected chi connectivity index (χ4v) is 1.76. The highest BCUT2D eigenvalue weighted by Crippen LogP contribution is 2.17. The zero-order valence-electron chi connectivity index (χ0n) is 11.8. The number of aromatic nitrogens is 2. The van der Waals surface area contributed by atoms with Gasteiger partial charge in [-0.15, -0.1) is 0 Å². The topological polar surface area (TPSA) is 59.4 Å². The molecule has 0 radical (unpaired) electrons. The summed E-state index contributed by atoms with van der Waals surface area (Å²) in [5.74, 6) is 0.680. The van der Waals surface area contributed by atoms with Crippen LogP contribution in [0.3, 0.4) is 0 Å². The number of benzene rings is 2. The molecule has 0 fully saturated rings. The molecule has 1 heterocycles. The standard InChI is InChI=1S/C17H14N4O/c1-2-5-15(6-3-1)21-20-13-14-7-9-16(10-8-14)22-17-18-11-4-12-19-17/h1-13,21H. The number of para-hydroxylation sites is 1. The average molecular weight is 290 g/mol. The first-order valence-electron chi connectivity index (χ1n) is 6.79. The number of nitrogens with zero attached hydrogens (tertiary/aromatic N) is 3. The van der Waals surface area contributed by atoms with Gasteiger partial charge in [0.1, 0.15) is 5.75 Å². The van der Waals surface area contributed by atoms with Crippen LogP contribution in [0, 0.1) is 0 Å². The van der Waals surface area contributed by atoms with Gasteiger partial charge in [-0.25, -0.2) is 9.97 Å². The number of hydrazone groups is 1. The first-order chi connectivity index (χ1) is 10.9. The molecule has 3 rings (SSSR count). The second-order valence-electron chi connectivity index (χ2n) is 4.44. The van der Waals surface area contributed by atoms with Gasteiger partial charge in [0, 0.05) is 12.4 Å². The van der Waals surface area contributed by atoms with E-state index < -0.39 is 0 Å². The fraction of sp³-hybridized carbons (Fsp3) is 0. The van der Waals surface area contributed by atoms with Gasteiger partial charge in [0.25, 0.3) is 0 Å². The lowest BCUT2D eigenvalue weighted by atomic mass is 10.2. The minimum Gasteiger partial charge on any atom is -0.424 e. The van der Waals surface area contributed by atoms with Gasteiger partial charge in [0.15, 0.2) is 0 Å². The highest BCUT2D eigenvalue weighted by Gasteiger charge is 1.98. The van der Waals surface area contributed by atoms with Gasteiger partial charge in [-0.2, -0.15) is 5.10 Å². The first-order valence-corrected chi connectivity index (χ1v) is 6.79. The van der Waals surface area contributed by atoms with Crippen LogP contribution in [0.1, 0.15) is 5.56 Å². The molecule has 2 aromatic carbocycles. The van der Waals surface area contributed by atoms with Gasteiger partial charge < -0.3 is 4.74 Å². The summed E-state index contributed by atoms with van der Waals surface area (Å²) in [7, 11) is 0. The van der Waals surface area contributed by atoms with Gasteiger partial charge in [-0.1, -0.05) is 18.2 Å². The Morgan fingerprint density at radius 3 is 2.32 bits per heavy atom. The van der Waals surface area contributed by atoms with Crippen LogP contribution in [0.5, 0.6) is 11.8 Å². The Hall–Kier alpha value is -3.21. The molecular weight excluding hydrogens is 276 g/mol. The van der Waals surface area contributed by atoms with E-state index in [4.69, 9.17) is 4.74 Å². The van der Waals surface area contributed by atoms with E-state index in [1.54, 1.807) is 24.7 Å². The second-order valence-corrected chi connectivity index (χ2v) is 4.44. The van der Waals surface area contributed by atoms with E-state index in [-0.39, 0.29) is 0 Å². The van der Waals surface area contributed by atoms with Crippen molar-refractivity contribution in [1.82, 2.24) is 9.97 Å². The van der Waals surface area contributed by atoms with Crippen molar-refractivity contribution in [2.75, 3.05) is 5.43 Å². The monoisotopic (exact) mass is 290 g/mol. The number of hydrogen-bond acceptors (Lipinski definition) is 5. The Kier molecular flexibility index (Phi) is 4.37. The van der Waals surface area contributed by atoms with Crippen LogP contribution in [-0.4, -0.2) is 16.2 Å². The van der Waals surface area contributed by atoms with Gasteiger partial charge >= 0.3 is 6.01 Å². The summed E-state index contributed by atoms with van der Waals surface area (Å²) in [6, 6.07) is 19.4. The molecule has 0 amide bonds. The van der Waals surface area contributed by atoms with Crippen molar-refractivity contribution in [3.8, 4) is 11.8 Å². The Balaban J connectivity index is 1.59. The van der Waals surface area contributed by atoms with E-state index in [1.807, 2.05) is 54.6 Å². The van der Waals surface area contributed by atoms with E-state index >= 15 is 0 Å². The number of ether oxygens (including phenoxy) is 1. The quantitative estimate of drug-likeness (QED) is 0.575. The maximum absolute atomic E-state index is 5.52. The molecule has 0 saturated heterocycles. The van der Waals surface area contributed by atoms with Crippen molar-refractivity contribution in [3.63, 3.8) is 0 Å². The maximum Gasteiger partial charge on any atom is 0.321 e. The number of rotatable bonds is 5. The normalized spacial score (nSPS) is 10.5. The highest BCUT2D eigenvalue weighted by molar-refractivity contribution is 5.80. The maximum atomic E-state index is 5.52. The van der Waals surface area contributed by atoms with Gasteiger partial charge in [-0.3, -0.25) is 5.43 Å². The zero-order valence-corrected chi connectivity index (χ0v) is 11.8. The molecule has 1 aromatic heterocycles. The summed E-state index contributed by atoms with van der Waals surface area (Å²) < 4.78 is 5.52. The van der Waals surface area contributed by atoms with E-state index in [9.17, 15) is 0 Å². The molecule has 5 nitrogen and oxygen atoms in total. The number of nitrogens with one attached hydrogen (secondary N) is 1. The Morgan fingerprint density at radius 1 is 0.864 bits per heavy atom. The number of hydrogen-bond donors (Lipinski definition) is 1. The molecule has 22 heavy (non-hydrogen) atoms. The van der Waals surface area contributed by atoms with E-state index in [0.29, 0.717) is 11.8 Å². The van der Waals surface area contributed by atoms with Crippen LogP contribution in [-0.2, 0) is 0 Å². The van der Waals surface area contributed by atoms with E-state index in [2.05, 4.69) is 20.5 Å². The van der Waals surface area contributed by atoms with E-state index in [0.717, 1.165) is 11.3 Å². The Bertz CT molecular complexity index is 728. The van der Waals surface area contributed by atoms with Crippen molar-refractivity contribution in [2.45, 2.75) is 0 Å². The molecule has 0 unspecified atom stereocenters. The third-order valence-electron chi connectivity index (χ3n) is 2.81. The molecule has 0 aliphatic carbocycles. The average Bonchev–Trinajstić information content (AvgIpc) is 2.58. The molecule has 108 valence electrons. The van der Waals surface area contributed by atoms with Crippen molar-refractivity contribution in [2.24, 2.45) is 5.10 Å². The minimum atomic E-state index is 0.328. The largest absolute Gasteiger partial charge is 0.424 e. The van der Waals surface area contributed by atoms with Gasteiger partial charge in [0.2, 0.25) is 0 Å². The van der Waals surface area contributed by atoms with E-state index in [1.165, 1.54) is 0 Å². The zero-order chi connectivity index (χ0) is 15.0. The summed E-state index contributed by atoms with van der Waals surface area (Å²) in [5.41, 5.74) is 4.87. The molecule has 0 saturated carbocycles. The highest BCUT2D eigenvalue weighted by atomic mass is 16.5. The molecule has 5 heteroatoms. The number of anilines is 1. The van der Waals surface area contributed by atoms with Crippen LogP contribution >= 0.6 is 0 Å². The molecule has 3 aromatic rings. The van der Waals surface area contributed by atoms with Gasteiger partial charge in [-0.05, 0) is 48.0 Å². The lowest BCUT2D eigenvalue weighted by Crippen LogP contribution is -1.92. The molecule has 0 bridgehead atoms. The predicted octanol–water partition coefficient (Wildman–Crippen LogP) is 3.71. The molecule has 0 aliphatic rings. The van der Waals surface area contributed by atoms with Crippen molar-refractivity contribution < 1.29 is 4.74 Å². The predicted molar refractivity (Wildman–Crippen MR) is 86.2 cm³/mol. The van der Waals surface area contributed by atoms with Crippen LogP contribution in [0.25, 0.3) is 0 Å². The molecule has 1 N–H and O–H groups in total. The molecule has 0 atom stereocenters. The minimum absolute atomic E-state index is 0.328. The summed E-state index contributed by atoms with van der Waals surface area (Å²) in [6.07, 6.45) is 5.02. The molecule has 0 aliphatic heterocycles. The summed E-state index contributed by atoms with van der Waals surface area (Å²) in [5, 5.41) is 4.19. The SMILES string of the molecule is C(=NNc1ccccc1)c1ccc(Oc2ncccn2)cc1. The van der Waals surface area contributed by atoms with Crippen LogP contribution in [0.15, 0.2) is 78.2 Å². The van der Waals surface area contributed by atoms with Crippen LogP contribution in [0.4, 0.5) is 5.69 Å². The summed E-state index contributed by atoms with van der Waals surface area (Å²) in [4.78, 5) is 8.02. The van der Waals surface area contributed by atoms with Crippen LogP contribution in [0.2, 0.25) is 0 Å². The first kappa shape index (κ1) is 13.8. The molecular formula is C17H14N4O. The Labute approximate surface area is 128 Å². The summed E-state index contributed by atoms with van der Waals surface area (Å²) >= 11 is 0. The third-order valence-corrected chi connectivity index (χ3v) is 2.81. The fourth-order valence-electron chi connectivity index (χ4n) is 1.76. The second kappa shape index (κ2) is 6.99. The van der Waals surface area contributed by atoms with Crippen molar-refractivity contribution in [3.05, 3.63) is 78.6 Å².